The third-order valence-electron chi connectivity index (χ3n) is 4.06. The van der Waals surface area contributed by atoms with Gasteiger partial charge in [0.15, 0.2) is 11.6 Å². The maximum absolute atomic E-state index is 11.9. The van der Waals surface area contributed by atoms with E-state index in [4.69, 9.17) is 4.74 Å². The van der Waals surface area contributed by atoms with E-state index in [9.17, 15) is 4.79 Å². The largest absolute Gasteiger partial charge is 0.489 e. The van der Waals surface area contributed by atoms with Gasteiger partial charge < -0.3 is 15.4 Å². The number of aromatic nitrogens is 1. The highest BCUT2D eigenvalue weighted by atomic mass is 16.5. The highest BCUT2D eigenvalue weighted by molar-refractivity contribution is 5.91. The molecule has 0 atom stereocenters. The van der Waals surface area contributed by atoms with E-state index in [1.165, 1.54) is 32.1 Å². The molecule has 1 heterocycles. The third kappa shape index (κ3) is 5.64. The number of nitrogens with one attached hydrogen (secondary N) is 2. The zero-order valence-electron chi connectivity index (χ0n) is 13.4. The third-order valence-corrected chi connectivity index (χ3v) is 4.06. The van der Waals surface area contributed by atoms with Crippen molar-refractivity contribution in [3.05, 3.63) is 18.3 Å². The van der Waals surface area contributed by atoms with Gasteiger partial charge in [0.25, 0.3) is 0 Å². The molecule has 0 radical (unpaired) electrons. The molecule has 5 heteroatoms. The number of hydrogen-bond acceptors (Lipinski definition) is 4. The van der Waals surface area contributed by atoms with Crippen molar-refractivity contribution in [2.75, 3.05) is 25.5 Å². The van der Waals surface area contributed by atoms with Gasteiger partial charge in [0.05, 0.1) is 6.61 Å². The van der Waals surface area contributed by atoms with E-state index >= 15 is 0 Å². The highest BCUT2D eigenvalue weighted by Crippen LogP contribution is 2.27. The second kappa shape index (κ2) is 9.41. The molecule has 0 bridgehead atoms. The van der Waals surface area contributed by atoms with Crippen LogP contribution < -0.4 is 15.4 Å². The fraction of sp³-hybridized carbons (Fsp3) is 0.647. The van der Waals surface area contributed by atoms with Gasteiger partial charge in [-0.3, -0.25) is 4.79 Å². The molecule has 22 heavy (non-hydrogen) atoms. The summed E-state index contributed by atoms with van der Waals surface area (Å²) < 4.78 is 5.91. The Kier molecular flexibility index (Phi) is 7.16. The molecule has 0 spiro atoms. The van der Waals surface area contributed by atoms with Crippen molar-refractivity contribution in [1.82, 2.24) is 10.3 Å². The number of carbonyl (C=O) groups is 1. The van der Waals surface area contributed by atoms with Crippen molar-refractivity contribution in [2.45, 2.75) is 44.9 Å². The summed E-state index contributed by atoms with van der Waals surface area (Å²) in [5, 5.41) is 5.89. The summed E-state index contributed by atoms with van der Waals surface area (Å²) in [5.74, 6) is 1.83. The topological polar surface area (TPSA) is 63.2 Å². The molecule has 5 nitrogen and oxygen atoms in total. The van der Waals surface area contributed by atoms with Crippen LogP contribution in [-0.2, 0) is 4.79 Å². The predicted molar refractivity (Wildman–Crippen MR) is 88.1 cm³/mol. The van der Waals surface area contributed by atoms with Gasteiger partial charge in [-0.05, 0) is 50.9 Å². The second-order valence-corrected chi connectivity index (χ2v) is 5.92. The molecule has 0 saturated heterocycles. The number of carbonyl (C=O) groups excluding carboxylic acids is 1. The lowest BCUT2D eigenvalue weighted by Gasteiger charge is -2.22. The molecule has 2 rings (SSSR count). The van der Waals surface area contributed by atoms with Crippen LogP contribution in [0.15, 0.2) is 18.3 Å². The summed E-state index contributed by atoms with van der Waals surface area (Å²) in [6.45, 7) is 1.55. The first-order valence-electron chi connectivity index (χ1n) is 8.32. The van der Waals surface area contributed by atoms with Gasteiger partial charge in [-0.15, -0.1) is 0 Å². The van der Waals surface area contributed by atoms with Crippen LogP contribution in [0.25, 0.3) is 0 Å². The van der Waals surface area contributed by atoms with Crippen molar-refractivity contribution < 1.29 is 9.53 Å². The summed E-state index contributed by atoms with van der Waals surface area (Å²) >= 11 is 0. The first kappa shape index (κ1) is 16.7. The van der Waals surface area contributed by atoms with Crippen molar-refractivity contribution in [2.24, 2.45) is 5.92 Å². The summed E-state index contributed by atoms with van der Waals surface area (Å²) in [4.78, 5) is 16.1. The molecule has 0 unspecified atom stereocenters. The van der Waals surface area contributed by atoms with E-state index in [0.29, 0.717) is 30.5 Å². The first-order chi connectivity index (χ1) is 10.8. The molecule has 1 aromatic heterocycles. The molecule has 1 aliphatic carbocycles. The number of nitrogens with zero attached hydrogens (tertiary/aromatic N) is 1. The van der Waals surface area contributed by atoms with Crippen molar-refractivity contribution in [3.8, 4) is 5.75 Å². The Labute approximate surface area is 132 Å². The number of pyridine rings is 1. The molecule has 1 saturated carbocycles. The minimum absolute atomic E-state index is 0.0172. The standard InChI is InChI=1S/C17H27N3O2/c1-18-11-6-10-16(21)20-17-15(9-5-12-19-17)22-13-14-7-3-2-4-8-14/h5,9,12,14,18H,2-4,6-8,10-11,13H2,1H3,(H,19,20,21). The van der Waals surface area contributed by atoms with Crippen LogP contribution >= 0.6 is 0 Å². The van der Waals surface area contributed by atoms with Crippen LogP contribution in [0.1, 0.15) is 44.9 Å². The average Bonchev–Trinajstić information content (AvgIpc) is 2.55. The van der Waals surface area contributed by atoms with Gasteiger partial charge >= 0.3 is 0 Å². The van der Waals surface area contributed by atoms with E-state index in [-0.39, 0.29) is 5.91 Å². The van der Waals surface area contributed by atoms with Crippen LogP contribution in [0.3, 0.4) is 0 Å². The Morgan fingerprint density at radius 2 is 2.18 bits per heavy atom. The molecular weight excluding hydrogens is 278 g/mol. The molecule has 2 N–H and O–H groups in total. The lowest BCUT2D eigenvalue weighted by molar-refractivity contribution is -0.116. The molecule has 1 amide bonds. The molecule has 1 aliphatic rings. The molecule has 1 fully saturated rings. The molecule has 0 aliphatic heterocycles. The zero-order chi connectivity index (χ0) is 15.6. The van der Waals surface area contributed by atoms with Crippen LogP contribution in [0.4, 0.5) is 5.82 Å². The maximum Gasteiger partial charge on any atom is 0.225 e. The Bertz CT molecular complexity index is 459. The maximum atomic E-state index is 11.9. The van der Waals surface area contributed by atoms with E-state index in [2.05, 4.69) is 15.6 Å². The van der Waals surface area contributed by atoms with E-state index < -0.39 is 0 Å². The molecule has 0 aromatic carbocycles. The number of amides is 1. The van der Waals surface area contributed by atoms with Gasteiger partial charge in [-0.1, -0.05) is 19.3 Å². The van der Waals surface area contributed by atoms with Crippen LogP contribution in [0, 0.1) is 5.92 Å². The van der Waals surface area contributed by atoms with Gasteiger partial charge in [-0.25, -0.2) is 4.98 Å². The van der Waals surface area contributed by atoms with Crippen molar-refractivity contribution >= 4 is 11.7 Å². The van der Waals surface area contributed by atoms with Crippen molar-refractivity contribution in [1.29, 1.82) is 0 Å². The molecule has 122 valence electrons. The van der Waals surface area contributed by atoms with Gasteiger partial charge in [0.2, 0.25) is 5.91 Å². The average molecular weight is 305 g/mol. The van der Waals surface area contributed by atoms with Crippen LogP contribution in [-0.4, -0.2) is 31.1 Å². The SMILES string of the molecule is CNCCCC(=O)Nc1ncccc1OCC1CCCCC1. The Morgan fingerprint density at radius 1 is 1.36 bits per heavy atom. The summed E-state index contributed by atoms with van der Waals surface area (Å²) in [6.07, 6.45) is 9.41. The zero-order valence-corrected chi connectivity index (χ0v) is 13.4. The normalized spacial score (nSPS) is 15.5. The lowest BCUT2D eigenvalue weighted by Crippen LogP contribution is -2.18. The van der Waals surface area contributed by atoms with Gasteiger partial charge in [0, 0.05) is 12.6 Å². The predicted octanol–water partition coefficient (Wildman–Crippen LogP) is 2.98. The van der Waals surface area contributed by atoms with Crippen molar-refractivity contribution in [3.63, 3.8) is 0 Å². The monoisotopic (exact) mass is 305 g/mol. The minimum Gasteiger partial charge on any atom is -0.489 e. The fourth-order valence-electron chi connectivity index (χ4n) is 2.78. The summed E-state index contributed by atoms with van der Waals surface area (Å²) in [6, 6.07) is 3.71. The Hall–Kier alpha value is -1.62. The summed E-state index contributed by atoms with van der Waals surface area (Å²) in [7, 11) is 1.88. The fourth-order valence-corrected chi connectivity index (χ4v) is 2.78. The molecular formula is C17H27N3O2. The van der Waals surface area contributed by atoms with E-state index in [1.54, 1.807) is 6.20 Å². The number of ether oxygens (including phenoxy) is 1. The van der Waals surface area contributed by atoms with Crippen LogP contribution in [0.2, 0.25) is 0 Å². The van der Waals surface area contributed by atoms with E-state index in [1.807, 2.05) is 19.2 Å². The number of anilines is 1. The minimum atomic E-state index is -0.0172. The van der Waals surface area contributed by atoms with E-state index in [0.717, 1.165) is 13.0 Å². The van der Waals surface area contributed by atoms with Crippen LogP contribution in [0.5, 0.6) is 5.75 Å². The quantitative estimate of drug-likeness (QED) is 0.725. The van der Waals surface area contributed by atoms with Gasteiger partial charge in [0.1, 0.15) is 0 Å². The summed E-state index contributed by atoms with van der Waals surface area (Å²) in [5.41, 5.74) is 0. The number of hydrogen-bond donors (Lipinski definition) is 2. The Morgan fingerprint density at radius 3 is 2.95 bits per heavy atom. The Balaban J connectivity index is 1.84. The smallest absolute Gasteiger partial charge is 0.225 e. The molecule has 1 aromatic rings. The first-order valence-corrected chi connectivity index (χ1v) is 8.32. The lowest BCUT2D eigenvalue weighted by atomic mass is 9.90. The second-order valence-electron chi connectivity index (χ2n) is 5.92. The van der Waals surface area contributed by atoms with Gasteiger partial charge in [-0.2, -0.15) is 0 Å². The number of rotatable bonds is 8. The highest BCUT2D eigenvalue weighted by Gasteiger charge is 2.15.